The van der Waals surface area contributed by atoms with Crippen molar-refractivity contribution in [1.82, 2.24) is 10.4 Å². The third-order valence-corrected chi connectivity index (χ3v) is 5.03. The van der Waals surface area contributed by atoms with E-state index in [1.54, 1.807) is 22.7 Å². The zero-order chi connectivity index (χ0) is 12.3. The summed E-state index contributed by atoms with van der Waals surface area (Å²) in [5, 5.41) is 3.21. The molecule has 1 unspecified atom stereocenters. The number of thiazole rings is 1. The SMILES string of the molecule is Cc1csc(CC(Cc2ccc(Br)s2)NN)n1. The van der Waals surface area contributed by atoms with E-state index < -0.39 is 0 Å². The number of rotatable bonds is 5. The van der Waals surface area contributed by atoms with Crippen LogP contribution in [0.2, 0.25) is 0 Å². The molecular formula is C11H14BrN3S2. The molecule has 0 amide bonds. The van der Waals surface area contributed by atoms with Crippen molar-refractivity contribution >= 4 is 38.6 Å². The van der Waals surface area contributed by atoms with Gasteiger partial charge in [-0.15, -0.1) is 22.7 Å². The molecule has 0 fully saturated rings. The Morgan fingerprint density at radius 2 is 2.29 bits per heavy atom. The van der Waals surface area contributed by atoms with Crippen LogP contribution in [0.1, 0.15) is 15.6 Å². The van der Waals surface area contributed by atoms with Gasteiger partial charge in [0.05, 0.1) is 8.79 Å². The molecule has 0 saturated heterocycles. The van der Waals surface area contributed by atoms with Gasteiger partial charge in [-0.25, -0.2) is 4.98 Å². The van der Waals surface area contributed by atoms with Gasteiger partial charge in [0.1, 0.15) is 0 Å². The summed E-state index contributed by atoms with van der Waals surface area (Å²) in [4.78, 5) is 5.79. The van der Waals surface area contributed by atoms with Crippen LogP contribution >= 0.6 is 38.6 Å². The van der Waals surface area contributed by atoms with Gasteiger partial charge in [-0.1, -0.05) is 0 Å². The molecule has 3 nitrogen and oxygen atoms in total. The standard InChI is InChI=1S/C11H14BrN3S2/c1-7-6-16-11(14-7)5-8(15-13)4-9-2-3-10(12)17-9/h2-3,6,8,15H,4-5,13H2,1H3. The van der Waals surface area contributed by atoms with Gasteiger partial charge in [0.2, 0.25) is 0 Å². The lowest BCUT2D eigenvalue weighted by Crippen LogP contribution is -2.38. The monoisotopic (exact) mass is 331 g/mol. The lowest BCUT2D eigenvalue weighted by Gasteiger charge is -2.12. The normalized spacial score (nSPS) is 12.9. The van der Waals surface area contributed by atoms with Gasteiger partial charge in [0, 0.05) is 28.4 Å². The minimum atomic E-state index is 0.242. The number of hydrogen-bond donors (Lipinski definition) is 2. The Morgan fingerprint density at radius 1 is 1.47 bits per heavy atom. The van der Waals surface area contributed by atoms with E-state index in [0.717, 1.165) is 27.3 Å². The Hall–Kier alpha value is -0.270. The first kappa shape index (κ1) is 13.2. The van der Waals surface area contributed by atoms with Gasteiger partial charge in [-0.05, 0) is 41.4 Å². The number of aryl methyl sites for hydroxylation is 1. The van der Waals surface area contributed by atoms with Crippen molar-refractivity contribution < 1.29 is 0 Å². The maximum absolute atomic E-state index is 5.60. The quantitative estimate of drug-likeness (QED) is 0.654. The Bertz CT molecular complexity index is 438. The summed E-state index contributed by atoms with van der Waals surface area (Å²) < 4.78 is 1.16. The molecule has 17 heavy (non-hydrogen) atoms. The summed E-state index contributed by atoms with van der Waals surface area (Å²) in [6.45, 7) is 2.02. The van der Waals surface area contributed by atoms with E-state index >= 15 is 0 Å². The number of nitrogens with one attached hydrogen (secondary N) is 1. The summed E-state index contributed by atoms with van der Waals surface area (Å²) >= 11 is 6.92. The minimum absolute atomic E-state index is 0.242. The molecule has 0 aliphatic rings. The van der Waals surface area contributed by atoms with Gasteiger partial charge in [-0.3, -0.25) is 11.3 Å². The maximum atomic E-state index is 5.60. The third-order valence-electron chi connectivity index (χ3n) is 2.40. The molecule has 0 aliphatic heterocycles. The molecule has 2 rings (SSSR count). The molecule has 2 aromatic heterocycles. The Labute approximate surface area is 117 Å². The van der Waals surface area contributed by atoms with Crippen molar-refractivity contribution in [3.63, 3.8) is 0 Å². The predicted molar refractivity (Wildman–Crippen MR) is 77.4 cm³/mol. The fraction of sp³-hybridized carbons (Fsp3) is 0.364. The van der Waals surface area contributed by atoms with Gasteiger partial charge >= 0.3 is 0 Å². The molecular weight excluding hydrogens is 318 g/mol. The number of nitrogens with two attached hydrogens (primary N) is 1. The largest absolute Gasteiger partial charge is 0.271 e. The average molecular weight is 332 g/mol. The molecule has 2 heterocycles. The zero-order valence-corrected chi connectivity index (χ0v) is 12.7. The van der Waals surface area contributed by atoms with Crippen molar-refractivity contribution in [3.05, 3.63) is 36.9 Å². The lowest BCUT2D eigenvalue weighted by atomic mass is 10.1. The topological polar surface area (TPSA) is 50.9 Å². The molecule has 0 saturated carbocycles. The molecule has 0 bridgehead atoms. The van der Waals surface area contributed by atoms with Crippen LogP contribution in [0.25, 0.3) is 0 Å². The van der Waals surface area contributed by atoms with Crippen LogP contribution in [0.5, 0.6) is 0 Å². The summed E-state index contributed by atoms with van der Waals surface area (Å²) in [5.41, 5.74) is 3.96. The summed E-state index contributed by atoms with van der Waals surface area (Å²) in [6, 6.07) is 4.44. The van der Waals surface area contributed by atoms with Crippen LogP contribution in [-0.4, -0.2) is 11.0 Å². The van der Waals surface area contributed by atoms with Crippen LogP contribution in [0.3, 0.4) is 0 Å². The average Bonchev–Trinajstić information content (AvgIpc) is 2.87. The second kappa shape index (κ2) is 6.06. The number of hydrogen-bond acceptors (Lipinski definition) is 5. The van der Waals surface area contributed by atoms with E-state index in [-0.39, 0.29) is 6.04 Å². The summed E-state index contributed by atoms with van der Waals surface area (Å²) in [5.74, 6) is 5.60. The van der Waals surface area contributed by atoms with Crippen molar-refractivity contribution in [3.8, 4) is 0 Å². The summed E-state index contributed by atoms with van der Waals surface area (Å²) in [7, 11) is 0. The highest BCUT2D eigenvalue weighted by molar-refractivity contribution is 9.11. The fourth-order valence-electron chi connectivity index (χ4n) is 1.60. The van der Waals surface area contributed by atoms with E-state index in [4.69, 9.17) is 5.84 Å². The Balaban J connectivity index is 1.97. The number of halogens is 1. The Kier molecular flexibility index (Phi) is 4.69. The fourth-order valence-corrected chi connectivity index (χ4v) is 4.02. The first-order chi connectivity index (χ1) is 8.17. The third kappa shape index (κ3) is 3.86. The van der Waals surface area contributed by atoms with Gasteiger partial charge < -0.3 is 0 Å². The lowest BCUT2D eigenvalue weighted by molar-refractivity contribution is 0.524. The molecule has 0 aromatic carbocycles. The second-order valence-corrected chi connectivity index (χ2v) is 7.35. The highest BCUT2D eigenvalue weighted by Crippen LogP contribution is 2.24. The van der Waals surface area contributed by atoms with Crippen molar-refractivity contribution in [1.29, 1.82) is 0 Å². The molecule has 0 aliphatic carbocycles. The van der Waals surface area contributed by atoms with Crippen LogP contribution in [0, 0.1) is 6.92 Å². The smallest absolute Gasteiger partial charge is 0.0944 e. The maximum Gasteiger partial charge on any atom is 0.0944 e. The van der Waals surface area contributed by atoms with E-state index in [0.29, 0.717) is 0 Å². The number of hydrazine groups is 1. The molecule has 92 valence electrons. The van der Waals surface area contributed by atoms with Crippen molar-refractivity contribution in [2.45, 2.75) is 25.8 Å². The van der Waals surface area contributed by atoms with Crippen molar-refractivity contribution in [2.75, 3.05) is 0 Å². The minimum Gasteiger partial charge on any atom is -0.271 e. The zero-order valence-electron chi connectivity index (χ0n) is 9.44. The van der Waals surface area contributed by atoms with Gasteiger partial charge in [0.15, 0.2) is 0 Å². The number of aromatic nitrogens is 1. The van der Waals surface area contributed by atoms with E-state index in [2.05, 4.69) is 43.9 Å². The number of nitrogens with zero attached hydrogens (tertiary/aromatic N) is 1. The first-order valence-corrected chi connectivity index (χ1v) is 7.77. The summed E-state index contributed by atoms with van der Waals surface area (Å²) in [6.07, 6.45) is 1.82. The van der Waals surface area contributed by atoms with Crippen LogP contribution < -0.4 is 11.3 Å². The van der Waals surface area contributed by atoms with Gasteiger partial charge in [0.25, 0.3) is 0 Å². The van der Waals surface area contributed by atoms with Crippen LogP contribution in [0.4, 0.5) is 0 Å². The molecule has 0 spiro atoms. The second-order valence-electron chi connectivity index (χ2n) is 3.86. The van der Waals surface area contributed by atoms with Crippen LogP contribution in [-0.2, 0) is 12.8 Å². The Morgan fingerprint density at radius 3 is 2.82 bits per heavy atom. The number of thiophene rings is 1. The molecule has 0 radical (unpaired) electrons. The highest BCUT2D eigenvalue weighted by atomic mass is 79.9. The molecule has 3 N–H and O–H groups in total. The first-order valence-electron chi connectivity index (χ1n) is 5.28. The highest BCUT2D eigenvalue weighted by Gasteiger charge is 2.12. The molecule has 2 aromatic rings. The van der Waals surface area contributed by atoms with Gasteiger partial charge in [-0.2, -0.15) is 0 Å². The predicted octanol–water partition coefficient (Wildman–Crippen LogP) is 2.89. The van der Waals surface area contributed by atoms with Crippen LogP contribution in [0.15, 0.2) is 21.3 Å². The van der Waals surface area contributed by atoms with E-state index in [1.807, 2.05) is 6.92 Å². The van der Waals surface area contributed by atoms with E-state index in [9.17, 15) is 0 Å². The molecule has 6 heteroatoms. The molecule has 1 atom stereocenters. The van der Waals surface area contributed by atoms with E-state index in [1.165, 1.54) is 4.88 Å². The van der Waals surface area contributed by atoms with Crippen molar-refractivity contribution in [2.24, 2.45) is 5.84 Å².